The zero-order chi connectivity index (χ0) is 17.4. The summed E-state index contributed by atoms with van der Waals surface area (Å²) in [6, 6.07) is 19.3. The average Bonchev–Trinajstić information content (AvgIpc) is 3.03. The van der Waals surface area contributed by atoms with Crippen molar-refractivity contribution in [2.75, 3.05) is 7.05 Å². The van der Waals surface area contributed by atoms with Crippen molar-refractivity contribution < 1.29 is 13.9 Å². The number of likely N-dealkylation sites (N-methyl/N-ethyl adjacent to an activating group) is 1. The zero-order valence-electron chi connectivity index (χ0n) is 14.2. The van der Waals surface area contributed by atoms with Gasteiger partial charge < -0.3 is 14.1 Å². The van der Waals surface area contributed by atoms with Crippen molar-refractivity contribution in [2.45, 2.75) is 19.4 Å². The number of hydrogen-bond acceptors (Lipinski definition) is 3. The maximum Gasteiger partial charge on any atom is 0.235 e. The first-order chi connectivity index (χ1) is 12.1. The molecule has 3 aromatic rings. The van der Waals surface area contributed by atoms with E-state index in [0.717, 1.165) is 34.1 Å². The molecule has 126 valence electrons. The van der Waals surface area contributed by atoms with Crippen LogP contribution in [0.15, 0.2) is 65.1 Å². The maximum absolute atomic E-state index is 13.3. The molecular weight excluding hydrogens is 314 g/mol. The van der Waals surface area contributed by atoms with Gasteiger partial charge in [-0.1, -0.05) is 36.4 Å². The fourth-order valence-electron chi connectivity index (χ4n) is 3.28. The lowest BCUT2D eigenvalue weighted by molar-refractivity contribution is -0.131. The van der Waals surface area contributed by atoms with Crippen LogP contribution in [0, 0.1) is 6.92 Å². The van der Waals surface area contributed by atoms with Gasteiger partial charge in [-0.15, -0.1) is 0 Å². The molecule has 4 heteroatoms. The van der Waals surface area contributed by atoms with E-state index in [0.29, 0.717) is 6.54 Å². The smallest absolute Gasteiger partial charge is 0.235 e. The molecule has 2 aromatic carbocycles. The van der Waals surface area contributed by atoms with Crippen LogP contribution in [0.3, 0.4) is 0 Å². The highest BCUT2D eigenvalue weighted by molar-refractivity contribution is 5.89. The first kappa shape index (κ1) is 15.5. The van der Waals surface area contributed by atoms with Gasteiger partial charge in [-0.25, -0.2) is 0 Å². The monoisotopic (exact) mass is 333 g/mol. The van der Waals surface area contributed by atoms with Gasteiger partial charge in [-0.05, 0) is 31.2 Å². The Morgan fingerprint density at radius 1 is 0.960 bits per heavy atom. The number of rotatable bonds is 3. The SMILES string of the molecule is Cc1ccc(CN(C)C(=O)C2c3ccccc3Oc3ccccc32)o1. The molecule has 1 aromatic heterocycles. The number of para-hydroxylation sites is 2. The normalized spacial score (nSPS) is 12.9. The van der Waals surface area contributed by atoms with Crippen LogP contribution in [0.25, 0.3) is 0 Å². The zero-order valence-corrected chi connectivity index (χ0v) is 14.2. The van der Waals surface area contributed by atoms with Crippen LogP contribution in [0.1, 0.15) is 28.6 Å². The standard InChI is InChI=1S/C21H19NO3/c1-14-11-12-15(24-14)13-22(2)21(23)20-16-7-3-5-9-18(16)25-19-10-6-4-8-17(19)20/h3-12,20H,13H2,1-2H3. The molecule has 25 heavy (non-hydrogen) atoms. The molecule has 0 atom stereocenters. The number of nitrogens with zero attached hydrogens (tertiary/aromatic N) is 1. The fourth-order valence-corrected chi connectivity index (χ4v) is 3.28. The van der Waals surface area contributed by atoms with Gasteiger partial charge in [0.2, 0.25) is 5.91 Å². The average molecular weight is 333 g/mol. The lowest BCUT2D eigenvalue weighted by Gasteiger charge is -2.30. The Kier molecular flexibility index (Phi) is 3.80. The molecule has 0 spiro atoms. The number of furan rings is 1. The van der Waals surface area contributed by atoms with Crippen LogP contribution >= 0.6 is 0 Å². The molecule has 0 fully saturated rings. The molecule has 0 bridgehead atoms. The van der Waals surface area contributed by atoms with E-state index >= 15 is 0 Å². The number of fused-ring (bicyclic) bond motifs is 2. The third-order valence-electron chi connectivity index (χ3n) is 4.49. The summed E-state index contributed by atoms with van der Waals surface area (Å²) >= 11 is 0. The minimum atomic E-state index is -0.373. The molecule has 0 saturated carbocycles. The molecule has 2 heterocycles. The number of hydrogen-bond donors (Lipinski definition) is 0. The molecule has 1 aliphatic rings. The van der Waals surface area contributed by atoms with Crippen LogP contribution in [-0.4, -0.2) is 17.9 Å². The molecular formula is C21H19NO3. The highest BCUT2D eigenvalue weighted by Crippen LogP contribution is 2.44. The van der Waals surface area contributed by atoms with Crippen LogP contribution in [0.4, 0.5) is 0 Å². The third kappa shape index (κ3) is 2.80. The Hall–Kier alpha value is -3.01. The summed E-state index contributed by atoms with van der Waals surface area (Å²) in [6.07, 6.45) is 0. The molecule has 0 N–H and O–H groups in total. The number of benzene rings is 2. The van der Waals surface area contributed by atoms with E-state index in [1.54, 1.807) is 11.9 Å². The molecule has 1 amide bonds. The summed E-state index contributed by atoms with van der Waals surface area (Å²) < 4.78 is 11.6. The summed E-state index contributed by atoms with van der Waals surface area (Å²) in [5.41, 5.74) is 1.79. The Morgan fingerprint density at radius 2 is 1.56 bits per heavy atom. The van der Waals surface area contributed by atoms with Crippen LogP contribution in [-0.2, 0) is 11.3 Å². The summed E-state index contributed by atoms with van der Waals surface area (Å²) in [6.45, 7) is 2.34. The van der Waals surface area contributed by atoms with Gasteiger partial charge >= 0.3 is 0 Å². The first-order valence-corrected chi connectivity index (χ1v) is 8.29. The second kappa shape index (κ2) is 6.13. The largest absolute Gasteiger partial charge is 0.464 e. The molecule has 4 nitrogen and oxygen atoms in total. The van der Waals surface area contributed by atoms with E-state index in [2.05, 4.69) is 0 Å². The molecule has 4 rings (SSSR count). The Labute approximate surface area is 146 Å². The summed E-state index contributed by atoms with van der Waals surface area (Å²) in [4.78, 5) is 15.0. The lowest BCUT2D eigenvalue weighted by atomic mass is 9.87. The highest BCUT2D eigenvalue weighted by Gasteiger charge is 2.34. The Morgan fingerprint density at radius 3 is 2.12 bits per heavy atom. The number of aryl methyl sites for hydroxylation is 1. The van der Waals surface area contributed by atoms with Crippen molar-refractivity contribution >= 4 is 5.91 Å². The second-order valence-electron chi connectivity index (χ2n) is 6.32. The molecule has 0 saturated heterocycles. The van der Waals surface area contributed by atoms with Gasteiger partial charge in [-0.2, -0.15) is 0 Å². The number of carbonyl (C=O) groups excluding carboxylic acids is 1. The van der Waals surface area contributed by atoms with Crippen LogP contribution in [0.2, 0.25) is 0 Å². The lowest BCUT2D eigenvalue weighted by Crippen LogP contribution is -2.33. The van der Waals surface area contributed by atoms with E-state index in [-0.39, 0.29) is 11.8 Å². The second-order valence-corrected chi connectivity index (χ2v) is 6.32. The van der Waals surface area contributed by atoms with Crippen molar-refractivity contribution in [3.63, 3.8) is 0 Å². The van der Waals surface area contributed by atoms with E-state index in [1.165, 1.54) is 0 Å². The minimum absolute atomic E-state index is 0.0252. The van der Waals surface area contributed by atoms with Crippen LogP contribution < -0.4 is 4.74 Å². The topological polar surface area (TPSA) is 42.7 Å². The van der Waals surface area contributed by atoms with Crippen molar-refractivity contribution in [3.8, 4) is 11.5 Å². The molecule has 0 radical (unpaired) electrons. The summed E-state index contributed by atoms with van der Waals surface area (Å²) in [7, 11) is 1.81. The number of carbonyl (C=O) groups is 1. The van der Waals surface area contributed by atoms with Gasteiger partial charge in [0.25, 0.3) is 0 Å². The van der Waals surface area contributed by atoms with Crippen molar-refractivity contribution in [2.24, 2.45) is 0 Å². The van der Waals surface area contributed by atoms with Gasteiger partial charge in [0, 0.05) is 18.2 Å². The van der Waals surface area contributed by atoms with E-state index < -0.39 is 0 Å². The summed E-state index contributed by atoms with van der Waals surface area (Å²) in [5.74, 6) is 2.75. The summed E-state index contributed by atoms with van der Waals surface area (Å²) in [5, 5.41) is 0. The van der Waals surface area contributed by atoms with Crippen molar-refractivity contribution in [1.29, 1.82) is 0 Å². The predicted molar refractivity (Wildman–Crippen MR) is 94.7 cm³/mol. The van der Waals surface area contributed by atoms with Gasteiger partial charge in [-0.3, -0.25) is 4.79 Å². The van der Waals surface area contributed by atoms with Crippen molar-refractivity contribution in [3.05, 3.63) is 83.3 Å². The maximum atomic E-state index is 13.3. The fraction of sp³-hybridized carbons (Fsp3) is 0.190. The van der Waals surface area contributed by atoms with E-state index in [1.807, 2.05) is 67.6 Å². The Bertz CT molecular complexity index is 883. The number of ether oxygens (including phenoxy) is 1. The van der Waals surface area contributed by atoms with E-state index in [4.69, 9.17) is 9.15 Å². The molecule has 0 unspecified atom stereocenters. The minimum Gasteiger partial charge on any atom is -0.464 e. The quantitative estimate of drug-likeness (QED) is 0.709. The Balaban J connectivity index is 1.70. The van der Waals surface area contributed by atoms with Gasteiger partial charge in [0.05, 0.1) is 12.5 Å². The van der Waals surface area contributed by atoms with Gasteiger partial charge in [0.1, 0.15) is 23.0 Å². The van der Waals surface area contributed by atoms with Crippen LogP contribution in [0.5, 0.6) is 11.5 Å². The number of amides is 1. The first-order valence-electron chi connectivity index (χ1n) is 8.29. The molecule has 1 aliphatic heterocycles. The van der Waals surface area contributed by atoms with Gasteiger partial charge in [0.15, 0.2) is 0 Å². The predicted octanol–water partition coefficient (Wildman–Crippen LogP) is 4.48. The van der Waals surface area contributed by atoms with E-state index in [9.17, 15) is 4.79 Å². The third-order valence-corrected chi connectivity index (χ3v) is 4.49. The van der Waals surface area contributed by atoms with Crippen molar-refractivity contribution in [1.82, 2.24) is 4.90 Å². The highest BCUT2D eigenvalue weighted by atomic mass is 16.5. The molecule has 0 aliphatic carbocycles.